The van der Waals surface area contributed by atoms with Gasteiger partial charge in [-0.1, -0.05) is 0 Å². The summed E-state index contributed by atoms with van der Waals surface area (Å²) < 4.78 is 5.31. The molecule has 3 N–H and O–H groups in total. The molecule has 1 aromatic rings. The van der Waals surface area contributed by atoms with E-state index in [0.717, 1.165) is 38.5 Å². The predicted molar refractivity (Wildman–Crippen MR) is 77.9 cm³/mol. The number of morpholine rings is 1. The van der Waals surface area contributed by atoms with Crippen molar-refractivity contribution in [1.29, 1.82) is 0 Å². The number of nitrogens with zero attached hydrogens (tertiary/aromatic N) is 2. The largest absolute Gasteiger partial charge is 0.393 e. The van der Waals surface area contributed by atoms with E-state index in [9.17, 15) is 10.1 Å². The van der Waals surface area contributed by atoms with Gasteiger partial charge >= 0.3 is 0 Å². The maximum atomic E-state index is 10.7. The highest BCUT2D eigenvalue weighted by molar-refractivity contribution is 5.66. The number of benzene rings is 1. The average Bonchev–Trinajstić information content (AvgIpc) is 2.39. The lowest BCUT2D eigenvalue weighted by atomic mass is 10.2. The molecule has 0 aliphatic carbocycles. The summed E-state index contributed by atoms with van der Waals surface area (Å²) in [6, 6.07) is 4.95. The Morgan fingerprint density at radius 2 is 2.20 bits per heavy atom. The minimum absolute atomic E-state index is 0.0589. The summed E-state index contributed by atoms with van der Waals surface area (Å²) in [5.41, 5.74) is 6.59. The van der Waals surface area contributed by atoms with Crippen molar-refractivity contribution in [3.63, 3.8) is 0 Å². The van der Waals surface area contributed by atoms with Crippen molar-refractivity contribution < 1.29 is 9.66 Å². The smallest absolute Gasteiger partial charge is 0.292 e. The van der Waals surface area contributed by atoms with E-state index in [1.54, 1.807) is 12.1 Å². The number of nitro groups is 1. The molecule has 7 nitrogen and oxygen atoms in total. The van der Waals surface area contributed by atoms with Crippen LogP contribution in [0.1, 0.15) is 6.92 Å². The molecule has 1 atom stereocenters. The van der Waals surface area contributed by atoms with Gasteiger partial charge in [0.15, 0.2) is 0 Å². The van der Waals surface area contributed by atoms with Crippen LogP contribution in [0.25, 0.3) is 0 Å². The van der Waals surface area contributed by atoms with Crippen molar-refractivity contribution >= 4 is 17.1 Å². The second-order valence-electron chi connectivity index (χ2n) is 4.99. The molecule has 110 valence electrons. The van der Waals surface area contributed by atoms with Crippen molar-refractivity contribution in [3.05, 3.63) is 28.3 Å². The van der Waals surface area contributed by atoms with Gasteiger partial charge in [0.05, 0.1) is 18.1 Å². The van der Waals surface area contributed by atoms with Crippen LogP contribution in [0.5, 0.6) is 0 Å². The Labute approximate surface area is 117 Å². The summed E-state index contributed by atoms with van der Waals surface area (Å²) in [4.78, 5) is 12.6. The fraction of sp³-hybridized carbons (Fsp3) is 0.538. The Morgan fingerprint density at radius 1 is 1.50 bits per heavy atom. The molecule has 0 aromatic heterocycles. The van der Waals surface area contributed by atoms with Crippen molar-refractivity contribution in [1.82, 2.24) is 4.90 Å². The third-order valence-electron chi connectivity index (χ3n) is 3.27. The Balaban J connectivity index is 1.92. The Hall–Kier alpha value is -1.86. The topological polar surface area (TPSA) is 93.7 Å². The number of anilines is 2. The van der Waals surface area contributed by atoms with E-state index in [1.165, 1.54) is 6.07 Å². The molecule has 1 unspecified atom stereocenters. The number of hydrogen-bond acceptors (Lipinski definition) is 6. The second-order valence-corrected chi connectivity index (χ2v) is 4.99. The number of nitrogens with one attached hydrogen (secondary N) is 1. The van der Waals surface area contributed by atoms with E-state index >= 15 is 0 Å². The van der Waals surface area contributed by atoms with Gasteiger partial charge in [0.25, 0.3) is 5.69 Å². The molecule has 0 amide bonds. The third-order valence-corrected chi connectivity index (χ3v) is 3.27. The number of nitro benzene ring substituents is 1. The van der Waals surface area contributed by atoms with Crippen molar-refractivity contribution in [3.8, 4) is 0 Å². The van der Waals surface area contributed by atoms with E-state index < -0.39 is 4.92 Å². The molecular formula is C13H20N4O3. The second kappa shape index (κ2) is 6.53. The maximum Gasteiger partial charge on any atom is 0.292 e. The number of rotatable bonds is 5. The van der Waals surface area contributed by atoms with Crippen LogP contribution in [-0.4, -0.2) is 48.7 Å². The SMILES string of the molecule is CC(CN1CCOCC1)Nc1ccc([N+](=O)[O-])c(N)c1. The average molecular weight is 280 g/mol. The van der Waals surface area contributed by atoms with Gasteiger partial charge in [-0.15, -0.1) is 0 Å². The quantitative estimate of drug-likeness (QED) is 0.480. The zero-order valence-corrected chi connectivity index (χ0v) is 11.5. The van der Waals surface area contributed by atoms with E-state index in [2.05, 4.69) is 17.1 Å². The van der Waals surface area contributed by atoms with Gasteiger partial charge in [0.2, 0.25) is 0 Å². The van der Waals surface area contributed by atoms with E-state index in [1.807, 2.05) is 0 Å². The molecule has 7 heteroatoms. The summed E-state index contributed by atoms with van der Waals surface area (Å²) in [6.07, 6.45) is 0. The highest BCUT2D eigenvalue weighted by atomic mass is 16.6. The molecule has 0 radical (unpaired) electrons. The minimum atomic E-state index is -0.476. The summed E-state index contributed by atoms with van der Waals surface area (Å²) in [5.74, 6) is 0. The van der Waals surface area contributed by atoms with Crippen molar-refractivity contribution in [2.45, 2.75) is 13.0 Å². The molecule has 0 bridgehead atoms. The highest BCUT2D eigenvalue weighted by Gasteiger charge is 2.15. The predicted octanol–water partition coefficient (Wildman–Crippen LogP) is 1.31. The molecular weight excluding hydrogens is 260 g/mol. The number of hydrogen-bond donors (Lipinski definition) is 2. The van der Waals surface area contributed by atoms with E-state index in [-0.39, 0.29) is 17.4 Å². The molecule has 1 fully saturated rings. The van der Waals surface area contributed by atoms with Gasteiger partial charge in [-0.2, -0.15) is 0 Å². The monoisotopic (exact) mass is 280 g/mol. The zero-order chi connectivity index (χ0) is 14.5. The van der Waals surface area contributed by atoms with Crippen LogP contribution in [0.3, 0.4) is 0 Å². The lowest BCUT2D eigenvalue weighted by Crippen LogP contribution is -2.42. The first-order valence-corrected chi connectivity index (χ1v) is 6.67. The highest BCUT2D eigenvalue weighted by Crippen LogP contribution is 2.25. The number of ether oxygens (including phenoxy) is 1. The van der Waals surface area contributed by atoms with Crippen LogP contribution in [0.15, 0.2) is 18.2 Å². The lowest BCUT2D eigenvalue weighted by Gasteiger charge is -2.29. The molecule has 2 rings (SSSR count). The molecule has 1 aliphatic rings. The maximum absolute atomic E-state index is 10.7. The van der Waals surface area contributed by atoms with Crippen LogP contribution < -0.4 is 11.1 Å². The van der Waals surface area contributed by atoms with Gasteiger partial charge in [0.1, 0.15) is 5.69 Å². The third kappa shape index (κ3) is 3.82. The van der Waals surface area contributed by atoms with E-state index in [0.29, 0.717) is 0 Å². The molecule has 1 aliphatic heterocycles. The molecule has 20 heavy (non-hydrogen) atoms. The van der Waals surface area contributed by atoms with Crippen LogP contribution >= 0.6 is 0 Å². The zero-order valence-electron chi connectivity index (χ0n) is 11.5. The molecule has 1 aromatic carbocycles. The summed E-state index contributed by atoms with van der Waals surface area (Å²) in [6.45, 7) is 6.41. The number of nitrogens with two attached hydrogens (primary N) is 1. The summed E-state index contributed by atoms with van der Waals surface area (Å²) >= 11 is 0. The Morgan fingerprint density at radius 3 is 2.80 bits per heavy atom. The fourth-order valence-corrected chi connectivity index (χ4v) is 2.31. The van der Waals surface area contributed by atoms with Crippen LogP contribution in [0.2, 0.25) is 0 Å². The molecule has 1 saturated heterocycles. The summed E-state index contributed by atoms with van der Waals surface area (Å²) in [7, 11) is 0. The van der Waals surface area contributed by atoms with Gasteiger partial charge in [-0.05, 0) is 19.1 Å². The van der Waals surface area contributed by atoms with Crippen molar-refractivity contribution in [2.24, 2.45) is 0 Å². The molecule has 0 saturated carbocycles. The van der Waals surface area contributed by atoms with Gasteiger partial charge in [-0.25, -0.2) is 0 Å². The van der Waals surface area contributed by atoms with Gasteiger partial charge in [0, 0.05) is 37.4 Å². The Kier molecular flexibility index (Phi) is 4.75. The first-order valence-electron chi connectivity index (χ1n) is 6.67. The first-order chi connectivity index (χ1) is 9.56. The normalized spacial score (nSPS) is 17.6. The van der Waals surface area contributed by atoms with Gasteiger partial charge in [-0.3, -0.25) is 15.0 Å². The lowest BCUT2D eigenvalue weighted by molar-refractivity contribution is -0.383. The van der Waals surface area contributed by atoms with Crippen molar-refractivity contribution in [2.75, 3.05) is 43.9 Å². The minimum Gasteiger partial charge on any atom is -0.393 e. The standard InChI is InChI=1S/C13H20N4O3/c1-10(9-16-4-6-20-7-5-16)15-11-2-3-13(17(18)19)12(14)8-11/h2-3,8,10,15H,4-7,9,14H2,1H3. The fourth-order valence-electron chi connectivity index (χ4n) is 2.31. The van der Waals surface area contributed by atoms with Crippen LogP contribution in [0, 0.1) is 10.1 Å². The van der Waals surface area contributed by atoms with Crippen LogP contribution in [0.4, 0.5) is 17.1 Å². The summed E-state index contributed by atoms with van der Waals surface area (Å²) in [5, 5.41) is 14.0. The first kappa shape index (κ1) is 14.5. The van der Waals surface area contributed by atoms with E-state index in [4.69, 9.17) is 10.5 Å². The molecule has 0 spiro atoms. The van der Waals surface area contributed by atoms with Gasteiger partial charge < -0.3 is 15.8 Å². The Bertz CT molecular complexity index is 475. The molecule has 1 heterocycles. The number of nitrogen functional groups attached to an aromatic ring is 1. The van der Waals surface area contributed by atoms with Crippen LogP contribution in [-0.2, 0) is 4.74 Å².